The minimum absolute atomic E-state index is 0.177. The molecule has 0 aliphatic heterocycles. The van der Waals surface area contributed by atoms with Crippen LogP contribution in [0.1, 0.15) is 31.9 Å². The Bertz CT molecular complexity index is 1220. The highest BCUT2D eigenvalue weighted by Crippen LogP contribution is 2.32. The molecule has 1 aliphatic carbocycles. The number of aromatic nitrogens is 7. The molecular formula is C21H23N9O. The van der Waals surface area contributed by atoms with Crippen molar-refractivity contribution in [3.63, 3.8) is 0 Å². The first-order valence-corrected chi connectivity index (χ1v) is 10.3. The molecule has 5 rings (SSSR count). The molecule has 0 unspecified atom stereocenters. The van der Waals surface area contributed by atoms with E-state index < -0.39 is 0 Å². The second-order valence-electron chi connectivity index (χ2n) is 7.71. The van der Waals surface area contributed by atoms with Crippen molar-refractivity contribution in [2.24, 2.45) is 0 Å². The molecule has 0 aromatic carbocycles. The van der Waals surface area contributed by atoms with Gasteiger partial charge in [0.15, 0.2) is 5.82 Å². The van der Waals surface area contributed by atoms with E-state index in [-0.39, 0.29) is 12.1 Å². The number of nitrogens with one attached hydrogen (secondary N) is 1. The molecule has 0 amide bonds. The van der Waals surface area contributed by atoms with Crippen LogP contribution in [0.2, 0.25) is 0 Å². The third-order valence-corrected chi connectivity index (χ3v) is 5.61. The molecule has 4 heterocycles. The number of anilines is 2. The van der Waals surface area contributed by atoms with Gasteiger partial charge in [0.05, 0.1) is 36.1 Å². The standard InChI is InChI=1S/C21H23N9O/c1-2-17-21(27-13-3-4-15(31)7-13)29-18-16(10-23-20(22)19(18)28-17)12-8-26-30(11-12)14-5-6-24-25-9-14/h5-6,8-11,13,15,31H,2-4,7H2,1H3,(H2,22,23)(H,27,29)/t13-,15+/m1/s1. The van der Waals surface area contributed by atoms with Crippen molar-refractivity contribution in [2.45, 2.75) is 44.8 Å². The largest absolute Gasteiger partial charge is 0.393 e. The van der Waals surface area contributed by atoms with E-state index in [1.807, 2.05) is 19.2 Å². The summed E-state index contributed by atoms with van der Waals surface area (Å²) in [6.07, 6.45) is 11.5. The van der Waals surface area contributed by atoms with Crippen LogP contribution in [-0.2, 0) is 6.42 Å². The average Bonchev–Trinajstić information content (AvgIpc) is 3.44. The lowest BCUT2D eigenvalue weighted by molar-refractivity contribution is 0.182. The molecule has 4 aromatic heterocycles. The number of fused-ring (bicyclic) bond motifs is 1. The molecule has 0 bridgehead atoms. The fourth-order valence-electron chi connectivity index (χ4n) is 3.97. The van der Waals surface area contributed by atoms with Gasteiger partial charge in [-0.05, 0) is 31.7 Å². The van der Waals surface area contributed by atoms with Gasteiger partial charge in [-0.15, -0.1) is 0 Å². The van der Waals surface area contributed by atoms with Crippen LogP contribution in [0.3, 0.4) is 0 Å². The third-order valence-electron chi connectivity index (χ3n) is 5.61. The molecule has 0 saturated heterocycles. The molecule has 1 fully saturated rings. The molecule has 158 valence electrons. The van der Waals surface area contributed by atoms with E-state index in [0.717, 1.165) is 41.2 Å². The first kappa shape index (κ1) is 19.3. The van der Waals surface area contributed by atoms with Gasteiger partial charge < -0.3 is 16.2 Å². The lowest BCUT2D eigenvalue weighted by Gasteiger charge is -2.17. The summed E-state index contributed by atoms with van der Waals surface area (Å²) in [6, 6.07) is 2.01. The van der Waals surface area contributed by atoms with Crippen LogP contribution < -0.4 is 11.1 Å². The summed E-state index contributed by atoms with van der Waals surface area (Å²) in [7, 11) is 0. The molecule has 4 aromatic rings. The molecule has 1 saturated carbocycles. The average molecular weight is 417 g/mol. The summed E-state index contributed by atoms with van der Waals surface area (Å²) < 4.78 is 1.72. The lowest BCUT2D eigenvalue weighted by Crippen LogP contribution is -2.19. The zero-order chi connectivity index (χ0) is 21.4. The van der Waals surface area contributed by atoms with Crippen molar-refractivity contribution >= 4 is 22.7 Å². The number of aliphatic hydroxyl groups is 1. The smallest absolute Gasteiger partial charge is 0.151 e. The Kier molecular flexibility index (Phi) is 4.91. The Morgan fingerprint density at radius 2 is 2.06 bits per heavy atom. The van der Waals surface area contributed by atoms with Crippen molar-refractivity contribution in [1.29, 1.82) is 0 Å². The van der Waals surface area contributed by atoms with Crippen LogP contribution >= 0.6 is 0 Å². The van der Waals surface area contributed by atoms with Crippen molar-refractivity contribution in [3.8, 4) is 16.8 Å². The van der Waals surface area contributed by atoms with Crippen LogP contribution in [0, 0.1) is 0 Å². The number of nitrogen functional groups attached to an aromatic ring is 1. The number of aliphatic hydroxyl groups excluding tert-OH is 1. The van der Waals surface area contributed by atoms with Crippen molar-refractivity contribution in [2.75, 3.05) is 11.1 Å². The predicted molar refractivity (Wildman–Crippen MR) is 117 cm³/mol. The number of hydrogen-bond donors (Lipinski definition) is 3. The summed E-state index contributed by atoms with van der Waals surface area (Å²) in [5, 5.41) is 25.5. The maximum Gasteiger partial charge on any atom is 0.151 e. The Labute approximate surface area is 178 Å². The number of hydrogen-bond acceptors (Lipinski definition) is 9. The highest BCUT2D eigenvalue weighted by molar-refractivity contribution is 5.96. The maximum absolute atomic E-state index is 9.88. The van der Waals surface area contributed by atoms with Gasteiger partial charge in [-0.2, -0.15) is 15.3 Å². The summed E-state index contributed by atoms with van der Waals surface area (Å²) in [4.78, 5) is 14.1. The van der Waals surface area contributed by atoms with E-state index in [2.05, 4.69) is 25.6 Å². The molecule has 4 N–H and O–H groups in total. The number of pyridine rings is 1. The summed E-state index contributed by atoms with van der Waals surface area (Å²) in [5.41, 5.74) is 10.7. The molecule has 10 nitrogen and oxygen atoms in total. The highest BCUT2D eigenvalue weighted by Gasteiger charge is 2.24. The van der Waals surface area contributed by atoms with Crippen molar-refractivity contribution in [1.82, 2.24) is 34.9 Å². The number of nitrogens with zero attached hydrogens (tertiary/aromatic N) is 7. The number of nitrogens with two attached hydrogens (primary N) is 1. The zero-order valence-electron chi connectivity index (χ0n) is 17.1. The Balaban J connectivity index is 1.59. The maximum atomic E-state index is 9.88. The van der Waals surface area contributed by atoms with Gasteiger partial charge in [0.2, 0.25) is 0 Å². The molecule has 1 aliphatic rings. The zero-order valence-corrected chi connectivity index (χ0v) is 17.1. The van der Waals surface area contributed by atoms with Gasteiger partial charge in [-0.25, -0.2) is 19.6 Å². The van der Waals surface area contributed by atoms with Crippen molar-refractivity contribution in [3.05, 3.63) is 42.7 Å². The van der Waals surface area contributed by atoms with E-state index in [0.29, 0.717) is 29.7 Å². The molecule has 0 radical (unpaired) electrons. The van der Waals surface area contributed by atoms with Gasteiger partial charge in [-0.1, -0.05) is 6.92 Å². The van der Waals surface area contributed by atoms with E-state index in [1.165, 1.54) is 0 Å². The lowest BCUT2D eigenvalue weighted by atomic mass is 10.1. The predicted octanol–water partition coefficient (Wildman–Crippen LogP) is 2.14. The molecule has 2 atom stereocenters. The molecule has 10 heteroatoms. The van der Waals surface area contributed by atoms with Gasteiger partial charge in [-0.3, -0.25) is 0 Å². The second kappa shape index (κ2) is 7.88. The van der Waals surface area contributed by atoms with Crippen LogP contribution in [0.5, 0.6) is 0 Å². The molecular weight excluding hydrogens is 394 g/mol. The van der Waals surface area contributed by atoms with Crippen LogP contribution in [0.25, 0.3) is 27.8 Å². The summed E-state index contributed by atoms with van der Waals surface area (Å²) >= 11 is 0. The number of rotatable bonds is 5. The van der Waals surface area contributed by atoms with E-state index >= 15 is 0 Å². The molecule has 31 heavy (non-hydrogen) atoms. The fourth-order valence-corrected chi connectivity index (χ4v) is 3.97. The summed E-state index contributed by atoms with van der Waals surface area (Å²) in [5.74, 6) is 1.07. The highest BCUT2D eigenvalue weighted by atomic mass is 16.3. The van der Waals surface area contributed by atoms with E-state index in [4.69, 9.17) is 15.7 Å². The van der Waals surface area contributed by atoms with Gasteiger partial charge in [0, 0.05) is 29.6 Å². The Hall–Kier alpha value is -3.66. The topological polar surface area (TPSA) is 141 Å². The summed E-state index contributed by atoms with van der Waals surface area (Å²) in [6.45, 7) is 2.03. The minimum atomic E-state index is -0.264. The Morgan fingerprint density at radius 3 is 2.81 bits per heavy atom. The van der Waals surface area contributed by atoms with E-state index in [1.54, 1.807) is 29.5 Å². The normalized spacial score (nSPS) is 18.5. The van der Waals surface area contributed by atoms with Crippen LogP contribution in [0.4, 0.5) is 11.6 Å². The quantitative estimate of drug-likeness (QED) is 0.445. The monoisotopic (exact) mass is 417 g/mol. The van der Waals surface area contributed by atoms with E-state index in [9.17, 15) is 5.11 Å². The number of aryl methyl sites for hydroxylation is 1. The Morgan fingerprint density at radius 1 is 1.16 bits per heavy atom. The third kappa shape index (κ3) is 3.66. The molecule has 0 spiro atoms. The minimum Gasteiger partial charge on any atom is -0.393 e. The first-order valence-electron chi connectivity index (χ1n) is 10.3. The van der Waals surface area contributed by atoms with Gasteiger partial charge in [0.1, 0.15) is 16.9 Å². The second-order valence-corrected chi connectivity index (χ2v) is 7.71. The van der Waals surface area contributed by atoms with Gasteiger partial charge in [0.25, 0.3) is 0 Å². The first-order chi connectivity index (χ1) is 15.1. The van der Waals surface area contributed by atoms with Crippen LogP contribution in [0.15, 0.2) is 37.1 Å². The van der Waals surface area contributed by atoms with Crippen molar-refractivity contribution < 1.29 is 5.11 Å². The SMILES string of the molecule is CCc1nc2c(N)ncc(-c3cnn(-c4ccnnc4)c3)c2nc1N[C@@H]1CC[C@H](O)C1. The van der Waals surface area contributed by atoms with Gasteiger partial charge >= 0.3 is 0 Å². The fraction of sp³-hybridized carbons (Fsp3) is 0.333. The van der Waals surface area contributed by atoms with Crippen LogP contribution in [-0.4, -0.2) is 52.2 Å².